The van der Waals surface area contributed by atoms with Gasteiger partial charge in [0.05, 0.1) is 18.2 Å². The predicted molar refractivity (Wildman–Crippen MR) is 119 cm³/mol. The zero-order valence-electron chi connectivity index (χ0n) is 18.4. The highest BCUT2D eigenvalue weighted by Crippen LogP contribution is 2.32. The van der Waals surface area contributed by atoms with Crippen LogP contribution >= 0.6 is 0 Å². The van der Waals surface area contributed by atoms with Gasteiger partial charge in [-0.15, -0.1) is 0 Å². The summed E-state index contributed by atoms with van der Waals surface area (Å²) in [5, 5.41) is 4.52. The topological polar surface area (TPSA) is 78.1 Å². The van der Waals surface area contributed by atoms with Crippen LogP contribution in [0.3, 0.4) is 0 Å². The van der Waals surface area contributed by atoms with Crippen LogP contribution in [0.5, 0.6) is 0 Å². The number of nitrogens with zero attached hydrogens (tertiary/aromatic N) is 6. The second kappa shape index (κ2) is 8.04. The summed E-state index contributed by atoms with van der Waals surface area (Å²) >= 11 is 0. The van der Waals surface area contributed by atoms with Crippen LogP contribution in [0.4, 0.5) is 14.6 Å². The quantitative estimate of drug-likeness (QED) is 0.476. The summed E-state index contributed by atoms with van der Waals surface area (Å²) < 4.78 is 37.4. The van der Waals surface area contributed by atoms with Crippen molar-refractivity contribution < 1.29 is 13.5 Å². The summed E-state index contributed by atoms with van der Waals surface area (Å²) in [6.45, 7) is 3.17. The van der Waals surface area contributed by atoms with Crippen molar-refractivity contribution in [3.8, 4) is 11.3 Å². The van der Waals surface area contributed by atoms with Crippen molar-refractivity contribution in [2.75, 3.05) is 24.6 Å². The van der Waals surface area contributed by atoms with Gasteiger partial charge < -0.3 is 9.64 Å². The fourth-order valence-corrected chi connectivity index (χ4v) is 4.06. The van der Waals surface area contributed by atoms with Gasteiger partial charge in [-0.05, 0) is 25.1 Å². The van der Waals surface area contributed by atoms with E-state index in [-0.39, 0.29) is 28.4 Å². The van der Waals surface area contributed by atoms with Crippen molar-refractivity contribution >= 4 is 16.7 Å². The number of anilines is 1. The Morgan fingerprint density at radius 2 is 1.97 bits per heavy atom. The molecule has 1 aromatic carbocycles. The van der Waals surface area contributed by atoms with Gasteiger partial charge >= 0.3 is 0 Å². The van der Waals surface area contributed by atoms with E-state index in [0.29, 0.717) is 36.7 Å². The van der Waals surface area contributed by atoms with Gasteiger partial charge in [-0.3, -0.25) is 14.0 Å². The summed E-state index contributed by atoms with van der Waals surface area (Å²) in [6, 6.07) is 4.97. The van der Waals surface area contributed by atoms with Crippen molar-refractivity contribution in [2.24, 2.45) is 14.1 Å². The van der Waals surface area contributed by atoms with Gasteiger partial charge in [-0.25, -0.2) is 18.7 Å². The summed E-state index contributed by atoms with van der Waals surface area (Å²) in [7, 11) is 3.47. The largest absolute Gasteiger partial charge is 0.370 e. The number of fused-ring (bicyclic) bond motifs is 1. The Hall–Kier alpha value is -3.66. The zero-order chi connectivity index (χ0) is 23.3. The van der Waals surface area contributed by atoms with Crippen LogP contribution in [0.2, 0.25) is 0 Å². The summed E-state index contributed by atoms with van der Waals surface area (Å²) in [6.07, 6.45) is 3.42. The molecule has 4 heterocycles. The third-order valence-corrected chi connectivity index (χ3v) is 5.95. The number of halogens is 2. The fourth-order valence-electron chi connectivity index (χ4n) is 4.06. The highest BCUT2D eigenvalue weighted by atomic mass is 19.1. The highest BCUT2D eigenvalue weighted by molar-refractivity contribution is 5.93. The molecular formula is C23H22F2N6O2. The smallest absolute Gasteiger partial charge is 0.261 e. The van der Waals surface area contributed by atoms with Gasteiger partial charge in [0.2, 0.25) is 0 Å². The number of benzene rings is 1. The van der Waals surface area contributed by atoms with Crippen molar-refractivity contribution in [3.63, 3.8) is 0 Å². The molecule has 0 aliphatic carbocycles. The molecule has 10 heteroatoms. The minimum Gasteiger partial charge on any atom is -0.370 e. The normalized spacial score (nSPS) is 16.5. The summed E-state index contributed by atoms with van der Waals surface area (Å²) in [5.74, 6) is -0.490. The molecule has 0 radical (unpaired) electrons. The molecule has 1 aliphatic heterocycles. The molecule has 0 unspecified atom stereocenters. The second-order valence-electron chi connectivity index (χ2n) is 8.13. The molecule has 5 rings (SSSR count). The maximum absolute atomic E-state index is 14.8. The average molecular weight is 452 g/mol. The molecule has 0 amide bonds. The number of morpholine rings is 1. The Kier molecular flexibility index (Phi) is 5.16. The van der Waals surface area contributed by atoms with Crippen LogP contribution in [0.25, 0.3) is 22.2 Å². The Balaban J connectivity index is 1.67. The van der Waals surface area contributed by atoms with Gasteiger partial charge in [0, 0.05) is 50.6 Å². The van der Waals surface area contributed by atoms with E-state index in [1.807, 2.05) is 18.1 Å². The first-order valence-electron chi connectivity index (χ1n) is 10.5. The second-order valence-corrected chi connectivity index (χ2v) is 8.13. The summed E-state index contributed by atoms with van der Waals surface area (Å²) in [4.78, 5) is 24.3. The van der Waals surface area contributed by atoms with Crippen LogP contribution in [-0.2, 0) is 18.8 Å². The first-order chi connectivity index (χ1) is 15.8. The Morgan fingerprint density at radius 3 is 2.70 bits per heavy atom. The van der Waals surface area contributed by atoms with E-state index in [0.717, 1.165) is 11.6 Å². The van der Waals surface area contributed by atoms with Crippen LogP contribution < -0.4 is 10.5 Å². The molecule has 1 saturated heterocycles. The Labute approximate surface area is 188 Å². The fraction of sp³-hybridized carbons (Fsp3) is 0.304. The monoisotopic (exact) mass is 452 g/mol. The lowest BCUT2D eigenvalue weighted by molar-refractivity contribution is 0.0395. The Bertz CT molecular complexity index is 1430. The lowest BCUT2D eigenvalue weighted by Gasteiger charge is -2.33. The van der Waals surface area contributed by atoms with E-state index in [1.54, 1.807) is 30.9 Å². The summed E-state index contributed by atoms with van der Waals surface area (Å²) in [5.41, 5.74) is 1.23. The van der Waals surface area contributed by atoms with Gasteiger partial charge in [0.15, 0.2) is 0 Å². The molecule has 0 N–H and O–H groups in total. The van der Waals surface area contributed by atoms with E-state index in [2.05, 4.69) is 10.1 Å². The van der Waals surface area contributed by atoms with Gasteiger partial charge in [-0.1, -0.05) is 0 Å². The highest BCUT2D eigenvalue weighted by Gasteiger charge is 2.26. The molecule has 1 aliphatic rings. The van der Waals surface area contributed by atoms with Crippen molar-refractivity contribution in [1.29, 1.82) is 0 Å². The molecule has 33 heavy (non-hydrogen) atoms. The molecule has 170 valence electrons. The third kappa shape index (κ3) is 3.76. The SMILES string of the molecule is Cc1nc2c(-c3ccc(F)cc3F)nc(N3CCO[C@H](c4cnn(C)c4)C3)cc2c(=O)n1C. The standard InChI is InChI=1S/C23H22F2N6O2/c1-13-27-22-17(23(32)30(13)3)9-20(28-21(22)16-5-4-15(24)8-18(16)25)31-6-7-33-19(12-31)14-10-26-29(2)11-14/h4-5,8-11,19H,6-7,12H2,1-3H3/t19-/m0/s1. The molecular weight excluding hydrogens is 430 g/mol. The first kappa shape index (κ1) is 21.2. The number of rotatable bonds is 3. The molecule has 3 aromatic heterocycles. The third-order valence-electron chi connectivity index (χ3n) is 5.95. The lowest BCUT2D eigenvalue weighted by Crippen LogP contribution is -2.39. The maximum atomic E-state index is 14.8. The molecule has 0 bridgehead atoms. The predicted octanol–water partition coefficient (Wildman–Crippen LogP) is 2.89. The van der Waals surface area contributed by atoms with Gasteiger partial charge in [0.25, 0.3) is 5.56 Å². The van der Waals surface area contributed by atoms with Crippen molar-refractivity contribution in [2.45, 2.75) is 13.0 Å². The number of aryl methyl sites for hydroxylation is 2. The minimum absolute atomic E-state index is 0.0838. The molecule has 8 nitrogen and oxygen atoms in total. The van der Waals surface area contributed by atoms with Gasteiger partial charge in [-0.2, -0.15) is 5.10 Å². The van der Waals surface area contributed by atoms with Crippen molar-refractivity contribution in [1.82, 2.24) is 24.3 Å². The average Bonchev–Trinajstić information content (AvgIpc) is 3.24. The van der Waals surface area contributed by atoms with E-state index < -0.39 is 11.6 Å². The molecule has 0 saturated carbocycles. The molecule has 0 spiro atoms. The van der Waals surface area contributed by atoms with Gasteiger partial charge in [0.1, 0.15) is 40.6 Å². The van der Waals surface area contributed by atoms with E-state index >= 15 is 0 Å². The molecule has 4 aromatic rings. The zero-order valence-corrected chi connectivity index (χ0v) is 18.4. The number of pyridine rings is 1. The van der Waals surface area contributed by atoms with Crippen LogP contribution in [0.15, 0.2) is 41.5 Å². The minimum atomic E-state index is -0.767. The van der Waals surface area contributed by atoms with E-state index in [9.17, 15) is 13.6 Å². The lowest BCUT2D eigenvalue weighted by atomic mass is 10.1. The van der Waals surface area contributed by atoms with Crippen LogP contribution in [0, 0.1) is 18.6 Å². The van der Waals surface area contributed by atoms with Crippen LogP contribution in [0.1, 0.15) is 17.5 Å². The van der Waals surface area contributed by atoms with E-state index in [1.165, 1.54) is 16.7 Å². The van der Waals surface area contributed by atoms with E-state index in [4.69, 9.17) is 9.72 Å². The first-order valence-corrected chi connectivity index (χ1v) is 10.5. The Morgan fingerprint density at radius 1 is 1.15 bits per heavy atom. The number of hydrogen-bond donors (Lipinski definition) is 0. The van der Waals surface area contributed by atoms with Crippen molar-refractivity contribution in [3.05, 3.63) is 70.0 Å². The maximum Gasteiger partial charge on any atom is 0.261 e. The number of ether oxygens (including phenoxy) is 1. The number of aromatic nitrogens is 5. The molecule has 1 atom stereocenters. The molecule has 1 fully saturated rings. The number of hydrogen-bond acceptors (Lipinski definition) is 6. The van der Waals surface area contributed by atoms with Crippen LogP contribution in [-0.4, -0.2) is 44.0 Å².